The Labute approximate surface area is 130 Å². The van der Waals surface area contributed by atoms with Gasteiger partial charge in [-0.05, 0) is 17.7 Å². The van der Waals surface area contributed by atoms with E-state index in [0.29, 0.717) is 5.02 Å². The van der Waals surface area contributed by atoms with Crippen LogP contribution < -0.4 is 5.32 Å². The molecule has 1 aliphatic heterocycles. The Kier molecular flexibility index (Phi) is 3.64. The van der Waals surface area contributed by atoms with Crippen molar-refractivity contribution in [2.75, 3.05) is 7.05 Å². The molecule has 0 radical (unpaired) electrons. The Bertz CT molecular complexity index is 588. The normalized spacial score (nSPS) is 30.0. The number of alkyl halides is 2. The predicted molar refractivity (Wildman–Crippen MR) is 74.2 cm³/mol. The average molecular weight is 333 g/mol. The molecule has 120 valence electrons. The summed E-state index contributed by atoms with van der Waals surface area (Å²) in [6, 6.07) is 6.94. The minimum atomic E-state index is -2.96. The van der Waals surface area contributed by atoms with Crippen LogP contribution in [0.1, 0.15) is 24.6 Å². The summed E-state index contributed by atoms with van der Waals surface area (Å²) in [5.41, 5.74) is -0.806. The van der Waals surface area contributed by atoms with E-state index in [4.69, 9.17) is 16.4 Å². The van der Waals surface area contributed by atoms with Crippen LogP contribution in [0, 0.1) is 5.41 Å². The molecule has 1 aromatic rings. The van der Waals surface area contributed by atoms with Gasteiger partial charge in [0, 0.05) is 24.9 Å². The van der Waals surface area contributed by atoms with Gasteiger partial charge < -0.3 is 5.11 Å². The zero-order chi connectivity index (χ0) is 16.1. The summed E-state index contributed by atoms with van der Waals surface area (Å²) in [6.07, 6.45) is -2.88. The standard InChI is InChI=1S/C14H15ClF2N2O3/c1-19-10(8-2-4-9(15)5-3-8)18-11(22-19)13(12(20)21)6-14(16,17)7-13/h2-5,10-11,18H,6-7H2,1H3,(H,20,21). The topological polar surface area (TPSA) is 61.8 Å². The molecule has 1 aromatic carbocycles. The van der Waals surface area contributed by atoms with Crippen LogP contribution >= 0.6 is 11.6 Å². The molecule has 0 amide bonds. The summed E-state index contributed by atoms with van der Waals surface area (Å²) < 4.78 is 26.5. The van der Waals surface area contributed by atoms with Gasteiger partial charge in [-0.25, -0.2) is 8.78 Å². The van der Waals surface area contributed by atoms with Crippen molar-refractivity contribution in [3.8, 4) is 0 Å². The number of aliphatic carboxylic acids is 1. The van der Waals surface area contributed by atoms with Crippen LogP contribution in [-0.2, 0) is 9.63 Å². The minimum absolute atomic E-state index is 0.423. The first-order valence-electron chi connectivity index (χ1n) is 6.76. The van der Waals surface area contributed by atoms with Gasteiger partial charge in [-0.1, -0.05) is 23.7 Å². The maximum atomic E-state index is 13.2. The Morgan fingerprint density at radius 1 is 1.41 bits per heavy atom. The van der Waals surface area contributed by atoms with Gasteiger partial charge in [-0.2, -0.15) is 5.06 Å². The number of hydroxylamine groups is 2. The van der Waals surface area contributed by atoms with Gasteiger partial charge in [0.05, 0.1) is 0 Å². The van der Waals surface area contributed by atoms with Crippen LogP contribution in [0.3, 0.4) is 0 Å². The molecule has 5 nitrogen and oxygen atoms in total. The number of rotatable bonds is 3. The zero-order valence-corrected chi connectivity index (χ0v) is 12.5. The van der Waals surface area contributed by atoms with Crippen molar-refractivity contribution in [3.63, 3.8) is 0 Å². The summed E-state index contributed by atoms with van der Waals surface area (Å²) in [7, 11) is 1.62. The van der Waals surface area contributed by atoms with E-state index in [0.717, 1.165) is 5.56 Å². The predicted octanol–water partition coefficient (Wildman–Crippen LogP) is 2.63. The maximum absolute atomic E-state index is 13.2. The number of nitrogens with zero attached hydrogens (tertiary/aromatic N) is 1. The fourth-order valence-corrected chi connectivity index (χ4v) is 3.16. The van der Waals surface area contributed by atoms with Gasteiger partial charge in [-0.15, -0.1) is 0 Å². The molecule has 1 heterocycles. The quantitative estimate of drug-likeness (QED) is 0.891. The molecule has 1 aliphatic carbocycles. The highest BCUT2D eigenvalue weighted by atomic mass is 35.5. The maximum Gasteiger partial charge on any atom is 0.314 e. The highest BCUT2D eigenvalue weighted by Gasteiger charge is 2.67. The number of hydrogen-bond donors (Lipinski definition) is 2. The number of benzene rings is 1. The van der Waals surface area contributed by atoms with Crippen molar-refractivity contribution in [2.45, 2.75) is 31.2 Å². The third kappa shape index (κ3) is 2.48. The van der Waals surface area contributed by atoms with E-state index < -0.39 is 42.5 Å². The molecule has 8 heteroatoms. The third-order valence-electron chi connectivity index (χ3n) is 4.21. The van der Waals surface area contributed by atoms with E-state index >= 15 is 0 Å². The number of halogens is 3. The highest BCUT2D eigenvalue weighted by Crippen LogP contribution is 2.55. The first-order valence-corrected chi connectivity index (χ1v) is 7.14. The Balaban J connectivity index is 1.80. The van der Waals surface area contributed by atoms with E-state index in [2.05, 4.69) is 5.32 Å². The fraction of sp³-hybridized carbons (Fsp3) is 0.500. The number of carboxylic acid groups (broad SMARTS) is 1. The van der Waals surface area contributed by atoms with Crippen LogP contribution in [-0.4, -0.2) is 35.3 Å². The fourth-order valence-electron chi connectivity index (χ4n) is 3.04. The molecule has 0 bridgehead atoms. The second-order valence-electron chi connectivity index (χ2n) is 5.82. The van der Waals surface area contributed by atoms with Crippen LogP contribution in [0.2, 0.25) is 5.02 Å². The second-order valence-corrected chi connectivity index (χ2v) is 6.26. The van der Waals surface area contributed by atoms with Gasteiger partial charge in [-0.3, -0.25) is 14.9 Å². The molecule has 0 aromatic heterocycles. The van der Waals surface area contributed by atoms with Gasteiger partial charge in [0.15, 0.2) is 0 Å². The SMILES string of the molecule is CN1OC(C2(C(=O)O)CC(F)(F)C2)NC1c1ccc(Cl)cc1. The second kappa shape index (κ2) is 5.13. The van der Waals surface area contributed by atoms with E-state index in [1.54, 1.807) is 31.3 Å². The first-order chi connectivity index (χ1) is 10.2. The zero-order valence-electron chi connectivity index (χ0n) is 11.7. The van der Waals surface area contributed by atoms with Crippen molar-refractivity contribution in [1.82, 2.24) is 10.4 Å². The van der Waals surface area contributed by atoms with Gasteiger partial charge >= 0.3 is 5.97 Å². The summed E-state index contributed by atoms with van der Waals surface area (Å²) in [5.74, 6) is -4.23. The molecule has 2 N–H and O–H groups in total. The number of nitrogens with one attached hydrogen (secondary N) is 1. The smallest absolute Gasteiger partial charge is 0.314 e. The molecule has 1 saturated heterocycles. The molecular weight excluding hydrogens is 318 g/mol. The lowest BCUT2D eigenvalue weighted by Crippen LogP contribution is -2.60. The Morgan fingerprint density at radius 3 is 2.50 bits per heavy atom. The number of carbonyl (C=O) groups is 1. The molecule has 3 rings (SSSR count). The van der Waals surface area contributed by atoms with Crippen LogP contribution in [0.25, 0.3) is 0 Å². The summed E-state index contributed by atoms with van der Waals surface area (Å²) in [5, 5.41) is 14.4. The van der Waals surface area contributed by atoms with E-state index in [1.165, 1.54) is 5.06 Å². The monoisotopic (exact) mass is 332 g/mol. The van der Waals surface area contributed by atoms with Gasteiger partial charge in [0.2, 0.25) is 0 Å². The van der Waals surface area contributed by atoms with Gasteiger partial charge in [0.25, 0.3) is 5.92 Å². The molecule has 22 heavy (non-hydrogen) atoms. The van der Waals surface area contributed by atoms with Crippen molar-refractivity contribution < 1.29 is 23.5 Å². The van der Waals surface area contributed by atoms with E-state index in [-0.39, 0.29) is 0 Å². The van der Waals surface area contributed by atoms with Gasteiger partial charge in [0.1, 0.15) is 17.8 Å². The average Bonchev–Trinajstić information content (AvgIpc) is 2.78. The van der Waals surface area contributed by atoms with Crippen molar-refractivity contribution >= 4 is 17.6 Å². The molecule has 2 aliphatic rings. The Hall–Kier alpha value is -1.28. The largest absolute Gasteiger partial charge is 0.481 e. The minimum Gasteiger partial charge on any atom is -0.481 e. The molecule has 1 saturated carbocycles. The molecule has 2 atom stereocenters. The lowest BCUT2D eigenvalue weighted by atomic mass is 9.64. The van der Waals surface area contributed by atoms with Crippen molar-refractivity contribution in [1.29, 1.82) is 0 Å². The van der Waals surface area contributed by atoms with Crippen LogP contribution in [0.4, 0.5) is 8.78 Å². The van der Waals surface area contributed by atoms with Crippen molar-refractivity contribution in [3.05, 3.63) is 34.9 Å². The molecule has 2 unspecified atom stereocenters. The molecule has 0 spiro atoms. The first kappa shape index (κ1) is 15.6. The van der Waals surface area contributed by atoms with Crippen molar-refractivity contribution in [2.24, 2.45) is 5.41 Å². The summed E-state index contributed by atoms with van der Waals surface area (Å²) >= 11 is 5.83. The number of hydrogen-bond acceptors (Lipinski definition) is 4. The van der Waals surface area contributed by atoms with E-state index in [1.807, 2.05) is 0 Å². The van der Waals surface area contributed by atoms with E-state index in [9.17, 15) is 18.7 Å². The van der Waals surface area contributed by atoms with Crippen LogP contribution in [0.5, 0.6) is 0 Å². The highest BCUT2D eigenvalue weighted by molar-refractivity contribution is 6.30. The number of carboxylic acids is 1. The molecular formula is C14H15ClF2N2O3. The third-order valence-corrected chi connectivity index (χ3v) is 4.46. The lowest BCUT2D eigenvalue weighted by molar-refractivity contribution is -0.250. The lowest BCUT2D eigenvalue weighted by Gasteiger charge is -2.46. The van der Waals surface area contributed by atoms with Crippen LogP contribution in [0.15, 0.2) is 24.3 Å². The Morgan fingerprint density at radius 2 is 2.00 bits per heavy atom. The molecule has 2 fully saturated rings. The summed E-state index contributed by atoms with van der Waals surface area (Å²) in [4.78, 5) is 17.0. The summed E-state index contributed by atoms with van der Waals surface area (Å²) in [6.45, 7) is 0.